The van der Waals surface area contributed by atoms with Gasteiger partial charge in [-0.05, 0) is 86.7 Å². The summed E-state index contributed by atoms with van der Waals surface area (Å²) in [5.74, 6) is 4.54. The zero-order valence-corrected chi connectivity index (χ0v) is 17.2. The van der Waals surface area contributed by atoms with Crippen LogP contribution in [0.5, 0.6) is 0 Å². The van der Waals surface area contributed by atoms with Crippen molar-refractivity contribution in [3.8, 4) is 0 Å². The van der Waals surface area contributed by atoms with Gasteiger partial charge in [-0.2, -0.15) is 11.8 Å². The van der Waals surface area contributed by atoms with Gasteiger partial charge in [0.2, 0.25) is 0 Å². The van der Waals surface area contributed by atoms with Gasteiger partial charge < -0.3 is 0 Å². The monoisotopic (exact) mass is 380 g/mol. The number of hydrogen-bond acceptors (Lipinski definition) is 1. The summed E-state index contributed by atoms with van der Waals surface area (Å²) in [6, 6.07) is 22.5. The molecule has 0 aliphatic heterocycles. The van der Waals surface area contributed by atoms with Crippen molar-refractivity contribution >= 4 is 30.3 Å². The van der Waals surface area contributed by atoms with Crippen LogP contribution in [-0.2, 0) is 0 Å². The molecule has 0 radical (unpaired) electrons. The largest absolute Gasteiger partial charge is 0.155 e. The van der Waals surface area contributed by atoms with Crippen molar-refractivity contribution in [2.24, 2.45) is 17.8 Å². The summed E-state index contributed by atoms with van der Waals surface area (Å²) in [7, 11) is -0.219. The van der Waals surface area contributed by atoms with E-state index >= 15 is 0 Å². The number of benzene rings is 2. The van der Waals surface area contributed by atoms with Gasteiger partial charge in [-0.1, -0.05) is 60.7 Å². The molecule has 4 aliphatic rings. The van der Waals surface area contributed by atoms with Crippen molar-refractivity contribution in [1.82, 2.24) is 0 Å². The molecule has 2 aromatic carbocycles. The summed E-state index contributed by atoms with van der Waals surface area (Å²) < 4.78 is 0.656. The van der Waals surface area contributed by atoms with Gasteiger partial charge in [0.15, 0.2) is 0 Å². The van der Waals surface area contributed by atoms with Gasteiger partial charge in [-0.15, -0.1) is 0 Å². The second-order valence-electron chi connectivity index (χ2n) is 8.77. The first-order chi connectivity index (χ1) is 12.8. The molecule has 0 spiro atoms. The number of rotatable bonds is 6. The minimum Gasteiger partial charge on any atom is -0.155 e. The van der Waals surface area contributed by atoms with Gasteiger partial charge in [-0.25, -0.2) is 0 Å². The SMILES string of the molecule is c1ccc(P(CCSC23CC4CC(CC(C4)C2)C3)c2ccccc2)cc1. The molecule has 4 aliphatic carbocycles. The first-order valence-electron chi connectivity index (χ1n) is 10.3. The van der Waals surface area contributed by atoms with Gasteiger partial charge in [-0.3, -0.25) is 0 Å². The highest BCUT2D eigenvalue weighted by Gasteiger charge is 2.50. The Morgan fingerprint density at radius 1 is 0.731 bits per heavy atom. The predicted molar refractivity (Wildman–Crippen MR) is 117 cm³/mol. The molecule has 0 atom stereocenters. The standard InChI is InChI=1S/C24H29PS/c1-3-7-22(8-4-1)25(23-9-5-2-6-10-23)11-12-26-24-16-19-13-20(17-24)15-21(14-19)18-24/h1-10,19-21H,11-18H2. The first kappa shape index (κ1) is 17.3. The van der Waals surface area contributed by atoms with Crippen LogP contribution >= 0.6 is 19.7 Å². The van der Waals surface area contributed by atoms with Crippen LogP contribution in [0.15, 0.2) is 60.7 Å². The maximum Gasteiger partial charge on any atom is 0.0168 e. The highest BCUT2D eigenvalue weighted by Crippen LogP contribution is 2.60. The third-order valence-electron chi connectivity index (χ3n) is 6.84. The fraction of sp³-hybridized carbons (Fsp3) is 0.500. The summed E-state index contributed by atoms with van der Waals surface area (Å²) in [5.41, 5.74) is 0. The van der Waals surface area contributed by atoms with Gasteiger partial charge >= 0.3 is 0 Å². The molecule has 6 rings (SSSR count). The van der Waals surface area contributed by atoms with Gasteiger partial charge in [0, 0.05) is 4.75 Å². The molecular weight excluding hydrogens is 351 g/mol. The Labute approximate surface area is 163 Å². The van der Waals surface area contributed by atoms with Crippen molar-refractivity contribution < 1.29 is 0 Å². The van der Waals surface area contributed by atoms with E-state index in [9.17, 15) is 0 Å². The maximum atomic E-state index is 2.37. The van der Waals surface area contributed by atoms with E-state index in [1.165, 1.54) is 31.2 Å². The van der Waals surface area contributed by atoms with Crippen LogP contribution in [0.3, 0.4) is 0 Å². The van der Waals surface area contributed by atoms with E-state index in [1.807, 2.05) is 0 Å². The Morgan fingerprint density at radius 3 is 1.65 bits per heavy atom. The lowest BCUT2D eigenvalue weighted by molar-refractivity contribution is 0.0384. The minimum absolute atomic E-state index is 0.219. The second kappa shape index (κ2) is 7.33. The van der Waals surface area contributed by atoms with E-state index in [1.54, 1.807) is 29.9 Å². The Morgan fingerprint density at radius 2 is 1.19 bits per heavy atom. The van der Waals surface area contributed by atoms with Crippen LogP contribution < -0.4 is 10.6 Å². The van der Waals surface area contributed by atoms with Gasteiger partial charge in [0.1, 0.15) is 0 Å². The van der Waals surface area contributed by atoms with E-state index in [2.05, 4.69) is 72.4 Å². The van der Waals surface area contributed by atoms with Gasteiger partial charge in [0.25, 0.3) is 0 Å². The molecule has 2 heteroatoms. The molecule has 0 saturated heterocycles. The molecule has 4 saturated carbocycles. The van der Waals surface area contributed by atoms with E-state index in [0.717, 1.165) is 17.8 Å². The van der Waals surface area contributed by atoms with Gasteiger partial charge in [0.05, 0.1) is 0 Å². The second-order valence-corrected chi connectivity index (χ2v) is 12.7. The third-order valence-corrected chi connectivity index (χ3v) is 11.2. The fourth-order valence-corrected chi connectivity index (χ4v) is 10.7. The highest BCUT2D eigenvalue weighted by atomic mass is 32.2. The molecule has 4 bridgehead atoms. The summed E-state index contributed by atoms with van der Waals surface area (Å²) in [6.45, 7) is 0. The van der Waals surface area contributed by atoms with Crippen molar-refractivity contribution in [1.29, 1.82) is 0 Å². The predicted octanol–water partition coefficient (Wildman–Crippen LogP) is 5.82. The van der Waals surface area contributed by atoms with Crippen LogP contribution in [0.4, 0.5) is 0 Å². The normalized spacial score (nSPS) is 32.3. The smallest absolute Gasteiger partial charge is 0.0168 e. The van der Waals surface area contributed by atoms with Crippen LogP contribution in [-0.4, -0.2) is 16.7 Å². The molecule has 0 heterocycles. The van der Waals surface area contributed by atoms with E-state index < -0.39 is 0 Å². The average molecular weight is 381 g/mol. The molecule has 0 aromatic heterocycles. The summed E-state index contributed by atoms with van der Waals surface area (Å²) in [4.78, 5) is 0. The summed E-state index contributed by atoms with van der Waals surface area (Å²) in [5, 5.41) is 3.08. The lowest BCUT2D eigenvalue weighted by atomic mass is 9.56. The Balaban J connectivity index is 1.29. The van der Waals surface area contributed by atoms with Crippen LogP contribution in [0, 0.1) is 17.8 Å². The quantitative estimate of drug-likeness (QED) is 0.569. The molecule has 0 N–H and O–H groups in total. The third kappa shape index (κ3) is 3.50. The summed E-state index contributed by atoms with van der Waals surface area (Å²) in [6.07, 6.45) is 10.6. The van der Waals surface area contributed by atoms with Crippen LogP contribution in [0.1, 0.15) is 38.5 Å². The van der Waals surface area contributed by atoms with Crippen molar-refractivity contribution in [2.45, 2.75) is 43.3 Å². The van der Waals surface area contributed by atoms with Crippen LogP contribution in [0.25, 0.3) is 0 Å². The molecule has 0 nitrogen and oxygen atoms in total. The molecular formula is C24H29PS. The first-order valence-corrected chi connectivity index (χ1v) is 12.8. The maximum absolute atomic E-state index is 2.37. The zero-order valence-electron chi connectivity index (χ0n) is 15.5. The topological polar surface area (TPSA) is 0 Å². The lowest BCUT2D eigenvalue weighted by Crippen LogP contribution is -2.48. The average Bonchev–Trinajstić information content (AvgIpc) is 2.66. The van der Waals surface area contributed by atoms with Crippen molar-refractivity contribution in [3.63, 3.8) is 0 Å². The molecule has 26 heavy (non-hydrogen) atoms. The summed E-state index contributed by atoms with van der Waals surface area (Å²) >= 11 is 2.37. The Hall–Kier alpha value is -0.780. The highest BCUT2D eigenvalue weighted by molar-refractivity contribution is 8.01. The Bertz CT molecular complexity index is 652. The molecule has 4 fully saturated rings. The molecule has 0 unspecified atom stereocenters. The van der Waals surface area contributed by atoms with Crippen molar-refractivity contribution in [2.75, 3.05) is 11.9 Å². The van der Waals surface area contributed by atoms with Crippen LogP contribution in [0.2, 0.25) is 0 Å². The fourth-order valence-electron chi connectivity index (χ4n) is 6.18. The Kier molecular flexibility index (Phi) is 4.88. The van der Waals surface area contributed by atoms with Crippen molar-refractivity contribution in [3.05, 3.63) is 60.7 Å². The molecule has 136 valence electrons. The zero-order chi connectivity index (χ0) is 17.4. The molecule has 0 amide bonds. The number of hydrogen-bond donors (Lipinski definition) is 0. The lowest BCUT2D eigenvalue weighted by Gasteiger charge is -2.56. The van der Waals surface area contributed by atoms with E-state index in [-0.39, 0.29) is 7.92 Å². The van der Waals surface area contributed by atoms with E-state index in [4.69, 9.17) is 0 Å². The molecule has 2 aromatic rings. The number of thioether (sulfide) groups is 1. The minimum atomic E-state index is -0.219. The van der Waals surface area contributed by atoms with E-state index in [0.29, 0.717) is 4.75 Å².